The molecule has 0 spiro atoms. The van der Waals surface area contributed by atoms with Crippen molar-refractivity contribution >= 4 is 5.97 Å². The van der Waals surface area contributed by atoms with Gasteiger partial charge in [0, 0.05) is 6.61 Å². The van der Waals surface area contributed by atoms with E-state index < -0.39 is 12.1 Å². The molecular formula is C23H46F3NO3. The van der Waals surface area contributed by atoms with Crippen molar-refractivity contribution in [2.75, 3.05) is 6.61 Å². The van der Waals surface area contributed by atoms with Gasteiger partial charge in [0.2, 0.25) is 0 Å². The van der Waals surface area contributed by atoms with E-state index in [-0.39, 0.29) is 6.23 Å². The van der Waals surface area contributed by atoms with Crippen LogP contribution in [0.1, 0.15) is 123 Å². The Morgan fingerprint density at radius 1 is 0.767 bits per heavy atom. The summed E-state index contributed by atoms with van der Waals surface area (Å²) in [6, 6.07) is 0. The summed E-state index contributed by atoms with van der Waals surface area (Å²) in [6.45, 7) is 5.20. The number of rotatable bonds is 19. The molecule has 182 valence electrons. The summed E-state index contributed by atoms with van der Waals surface area (Å²) in [6.07, 6.45) is 18.3. The molecular weight excluding hydrogens is 395 g/mol. The number of aliphatic carboxylic acids is 1. The summed E-state index contributed by atoms with van der Waals surface area (Å²) in [4.78, 5) is 8.90. The van der Waals surface area contributed by atoms with Gasteiger partial charge in [-0.25, -0.2) is 4.79 Å². The standard InChI is InChI=1S/C21H45NO.C2HF3O2/c1-3-5-6-7-8-9-10-11-12-13-14-15-16-17-18-19-20-23-21(22)4-2;3-2(4,5)1(6)7/h21H,3-20,22H2,1-2H3;(H,6,7). The van der Waals surface area contributed by atoms with E-state index in [2.05, 4.69) is 13.8 Å². The molecule has 4 nitrogen and oxygen atoms in total. The second-order valence-corrected chi connectivity index (χ2v) is 7.92. The molecule has 0 aliphatic heterocycles. The van der Waals surface area contributed by atoms with Gasteiger partial charge in [0.1, 0.15) is 6.23 Å². The molecule has 30 heavy (non-hydrogen) atoms. The van der Waals surface area contributed by atoms with Crippen molar-refractivity contribution in [3.8, 4) is 0 Å². The van der Waals surface area contributed by atoms with Gasteiger partial charge < -0.3 is 15.6 Å². The van der Waals surface area contributed by atoms with Crippen LogP contribution in [0.15, 0.2) is 0 Å². The summed E-state index contributed by atoms with van der Waals surface area (Å²) >= 11 is 0. The van der Waals surface area contributed by atoms with Crippen molar-refractivity contribution in [3.63, 3.8) is 0 Å². The molecule has 0 radical (unpaired) electrons. The minimum absolute atomic E-state index is 0.0497. The highest BCUT2D eigenvalue weighted by atomic mass is 19.4. The van der Waals surface area contributed by atoms with Crippen molar-refractivity contribution in [1.82, 2.24) is 0 Å². The van der Waals surface area contributed by atoms with Gasteiger partial charge in [0.15, 0.2) is 0 Å². The Kier molecular flexibility index (Phi) is 23.9. The number of halogens is 3. The van der Waals surface area contributed by atoms with E-state index in [4.69, 9.17) is 20.4 Å². The van der Waals surface area contributed by atoms with Crippen LogP contribution in [0.4, 0.5) is 13.2 Å². The lowest BCUT2D eigenvalue weighted by molar-refractivity contribution is -0.192. The van der Waals surface area contributed by atoms with E-state index >= 15 is 0 Å². The predicted octanol–water partition coefficient (Wildman–Crippen LogP) is 7.59. The maximum absolute atomic E-state index is 10.6. The highest BCUT2D eigenvalue weighted by molar-refractivity contribution is 5.73. The van der Waals surface area contributed by atoms with Crippen LogP contribution in [0, 0.1) is 0 Å². The van der Waals surface area contributed by atoms with Gasteiger partial charge in [-0.2, -0.15) is 13.2 Å². The zero-order valence-electron chi connectivity index (χ0n) is 19.3. The number of carbonyl (C=O) groups is 1. The molecule has 1 atom stereocenters. The lowest BCUT2D eigenvalue weighted by Gasteiger charge is -2.09. The van der Waals surface area contributed by atoms with Crippen LogP contribution in [0.25, 0.3) is 0 Å². The molecule has 0 fully saturated rings. The first-order valence-corrected chi connectivity index (χ1v) is 11.9. The Morgan fingerprint density at radius 3 is 1.33 bits per heavy atom. The molecule has 3 N–H and O–H groups in total. The predicted molar refractivity (Wildman–Crippen MR) is 117 cm³/mol. The second-order valence-electron chi connectivity index (χ2n) is 7.92. The van der Waals surface area contributed by atoms with Gasteiger partial charge in [-0.15, -0.1) is 0 Å². The molecule has 7 heteroatoms. The normalized spacial score (nSPS) is 12.3. The zero-order valence-corrected chi connectivity index (χ0v) is 19.3. The second kappa shape index (κ2) is 22.9. The number of ether oxygens (including phenoxy) is 1. The number of carboxylic acids is 1. The highest BCUT2D eigenvalue weighted by Gasteiger charge is 2.38. The lowest BCUT2D eigenvalue weighted by atomic mass is 10.0. The summed E-state index contributed by atoms with van der Waals surface area (Å²) in [5.74, 6) is -2.76. The number of unbranched alkanes of at least 4 members (excludes halogenated alkanes) is 15. The van der Waals surface area contributed by atoms with Crippen LogP contribution < -0.4 is 5.73 Å². The van der Waals surface area contributed by atoms with E-state index in [1.807, 2.05) is 0 Å². The third kappa shape index (κ3) is 27.2. The van der Waals surface area contributed by atoms with Crippen LogP contribution in [-0.4, -0.2) is 30.1 Å². The molecule has 0 saturated carbocycles. The monoisotopic (exact) mass is 441 g/mol. The summed E-state index contributed by atoms with van der Waals surface area (Å²) in [7, 11) is 0. The number of nitrogens with two attached hydrogens (primary N) is 1. The number of carboxylic acid groups (broad SMARTS) is 1. The van der Waals surface area contributed by atoms with E-state index in [1.165, 1.54) is 103 Å². The molecule has 0 amide bonds. The van der Waals surface area contributed by atoms with Crippen LogP contribution in [0.5, 0.6) is 0 Å². The Morgan fingerprint density at radius 2 is 1.07 bits per heavy atom. The zero-order chi connectivity index (χ0) is 23.1. The average Bonchev–Trinajstić information content (AvgIpc) is 2.69. The van der Waals surface area contributed by atoms with Crippen LogP contribution >= 0.6 is 0 Å². The molecule has 0 aromatic rings. The van der Waals surface area contributed by atoms with Crippen molar-refractivity contribution in [2.45, 2.75) is 135 Å². The third-order valence-corrected chi connectivity index (χ3v) is 4.97. The van der Waals surface area contributed by atoms with Gasteiger partial charge in [-0.05, 0) is 12.8 Å². The summed E-state index contributed by atoms with van der Waals surface area (Å²) in [5.41, 5.74) is 5.72. The Hall–Kier alpha value is -0.820. The van der Waals surface area contributed by atoms with E-state index in [0.29, 0.717) is 0 Å². The van der Waals surface area contributed by atoms with Crippen molar-refractivity contribution in [1.29, 1.82) is 0 Å². The van der Waals surface area contributed by atoms with Gasteiger partial charge in [0.05, 0.1) is 0 Å². The molecule has 0 heterocycles. The first-order valence-electron chi connectivity index (χ1n) is 11.9. The largest absolute Gasteiger partial charge is 0.490 e. The minimum Gasteiger partial charge on any atom is -0.475 e. The number of alkyl halides is 3. The molecule has 0 aliphatic carbocycles. The SMILES string of the molecule is CCCCCCCCCCCCCCCCCCOC(N)CC.O=C(O)C(F)(F)F. The molecule has 0 bridgehead atoms. The molecule has 0 aromatic heterocycles. The maximum Gasteiger partial charge on any atom is 0.490 e. The first-order chi connectivity index (χ1) is 14.3. The van der Waals surface area contributed by atoms with Gasteiger partial charge in [0.25, 0.3) is 0 Å². The Bertz CT molecular complexity index is 366. The molecule has 1 unspecified atom stereocenters. The Balaban J connectivity index is 0. The van der Waals surface area contributed by atoms with Crippen molar-refractivity contribution in [2.24, 2.45) is 5.73 Å². The van der Waals surface area contributed by atoms with Crippen LogP contribution in [0.3, 0.4) is 0 Å². The van der Waals surface area contributed by atoms with E-state index in [9.17, 15) is 13.2 Å². The average molecular weight is 442 g/mol. The van der Waals surface area contributed by atoms with Gasteiger partial charge >= 0.3 is 12.1 Å². The first kappa shape index (κ1) is 31.4. The molecule has 0 rings (SSSR count). The maximum atomic E-state index is 10.6. The van der Waals surface area contributed by atoms with Crippen LogP contribution in [-0.2, 0) is 9.53 Å². The van der Waals surface area contributed by atoms with Crippen molar-refractivity contribution < 1.29 is 27.8 Å². The minimum atomic E-state index is -5.08. The molecule has 0 aliphatic rings. The fourth-order valence-electron chi connectivity index (χ4n) is 3.00. The molecule has 0 aromatic carbocycles. The van der Waals surface area contributed by atoms with Crippen molar-refractivity contribution in [3.05, 3.63) is 0 Å². The smallest absolute Gasteiger partial charge is 0.475 e. The van der Waals surface area contributed by atoms with Gasteiger partial charge in [-0.1, -0.05) is 110 Å². The number of hydrogen-bond donors (Lipinski definition) is 2. The highest BCUT2D eigenvalue weighted by Crippen LogP contribution is 2.14. The fourth-order valence-corrected chi connectivity index (χ4v) is 3.00. The quantitative estimate of drug-likeness (QED) is 0.160. The fraction of sp³-hybridized carbons (Fsp3) is 0.957. The topological polar surface area (TPSA) is 72.5 Å². The Labute approximate surface area is 182 Å². The molecule has 0 saturated heterocycles. The third-order valence-electron chi connectivity index (χ3n) is 4.97. The van der Waals surface area contributed by atoms with Crippen LogP contribution in [0.2, 0.25) is 0 Å². The van der Waals surface area contributed by atoms with E-state index in [0.717, 1.165) is 13.0 Å². The van der Waals surface area contributed by atoms with Gasteiger partial charge in [-0.3, -0.25) is 0 Å². The lowest BCUT2D eigenvalue weighted by Crippen LogP contribution is -2.22. The summed E-state index contributed by atoms with van der Waals surface area (Å²) < 4.78 is 37.2. The number of hydrogen-bond acceptors (Lipinski definition) is 3. The summed E-state index contributed by atoms with van der Waals surface area (Å²) in [5, 5.41) is 7.12. The van der Waals surface area contributed by atoms with E-state index in [1.54, 1.807) is 0 Å².